The zero-order valence-electron chi connectivity index (χ0n) is 15.8. The molecule has 0 aromatic heterocycles. The van der Waals surface area contributed by atoms with E-state index >= 15 is 0 Å². The highest BCUT2D eigenvalue weighted by molar-refractivity contribution is 7.89. The van der Waals surface area contributed by atoms with E-state index in [0.717, 1.165) is 37.3 Å². The van der Waals surface area contributed by atoms with Crippen LogP contribution in [0.5, 0.6) is 11.5 Å². The van der Waals surface area contributed by atoms with Gasteiger partial charge in [0.1, 0.15) is 5.75 Å². The van der Waals surface area contributed by atoms with Crippen LogP contribution in [0.25, 0.3) is 0 Å². The van der Waals surface area contributed by atoms with E-state index in [-0.39, 0.29) is 17.1 Å². The standard InChI is InChI=1S/C20H21N3O5S/c21-12-11-16-5-7-17(8-6-16)28-20-10-9-18(15-19(20)23(24)25)29(26,27)22-13-3-1-2-4-14-22/h5-10,15H,1-4,11,13-14H2. The molecule has 1 fully saturated rings. The molecule has 0 N–H and O–H groups in total. The summed E-state index contributed by atoms with van der Waals surface area (Å²) in [6.45, 7) is 0.840. The molecule has 8 nitrogen and oxygen atoms in total. The molecule has 2 aromatic carbocycles. The Morgan fingerprint density at radius 1 is 1.07 bits per heavy atom. The second-order valence-electron chi connectivity index (χ2n) is 6.79. The van der Waals surface area contributed by atoms with Gasteiger partial charge in [0.25, 0.3) is 0 Å². The van der Waals surface area contributed by atoms with Gasteiger partial charge in [0.15, 0.2) is 0 Å². The normalized spacial score (nSPS) is 15.3. The number of nitrogens with zero attached hydrogens (tertiary/aromatic N) is 3. The van der Waals surface area contributed by atoms with Gasteiger partial charge in [-0.15, -0.1) is 0 Å². The van der Waals surface area contributed by atoms with Crippen LogP contribution in [-0.2, 0) is 16.4 Å². The lowest BCUT2D eigenvalue weighted by Gasteiger charge is -2.20. The summed E-state index contributed by atoms with van der Waals surface area (Å²) in [6.07, 6.45) is 3.77. The highest BCUT2D eigenvalue weighted by atomic mass is 32.2. The number of nitriles is 1. The highest BCUT2D eigenvalue weighted by Crippen LogP contribution is 2.34. The molecule has 0 radical (unpaired) electrons. The van der Waals surface area contributed by atoms with E-state index in [1.54, 1.807) is 24.3 Å². The van der Waals surface area contributed by atoms with E-state index < -0.39 is 20.6 Å². The molecule has 1 aliphatic heterocycles. The predicted molar refractivity (Wildman–Crippen MR) is 106 cm³/mol. The second kappa shape index (κ2) is 9.03. The Morgan fingerprint density at radius 2 is 1.72 bits per heavy atom. The minimum atomic E-state index is -3.80. The summed E-state index contributed by atoms with van der Waals surface area (Å²) < 4.78 is 32.8. The predicted octanol–water partition coefficient (Wildman–Crippen LogP) is 4.02. The van der Waals surface area contributed by atoms with Gasteiger partial charge in [0.05, 0.1) is 22.3 Å². The molecule has 0 bridgehead atoms. The minimum Gasteiger partial charge on any atom is -0.450 e. The number of ether oxygens (including phenoxy) is 1. The van der Waals surface area contributed by atoms with Crippen molar-refractivity contribution in [2.24, 2.45) is 0 Å². The van der Waals surface area contributed by atoms with Crippen LogP contribution in [0.15, 0.2) is 47.4 Å². The fraction of sp³-hybridized carbons (Fsp3) is 0.350. The quantitative estimate of drug-likeness (QED) is 0.520. The van der Waals surface area contributed by atoms with Gasteiger partial charge < -0.3 is 4.74 Å². The Bertz CT molecular complexity index is 1020. The van der Waals surface area contributed by atoms with Crippen molar-refractivity contribution in [1.82, 2.24) is 4.31 Å². The van der Waals surface area contributed by atoms with Gasteiger partial charge in [-0.2, -0.15) is 9.57 Å². The lowest BCUT2D eigenvalue weighted by atomic mass is 10.2. The lowest BCUT2D eigenvalue weighted by Crippen LogP contribution is -2.31. The van der Waals surface area contributed by atoms with E-state index in [1.165, 1.54) is 16.4 Å². The van der Waals surface area contributed by atoms with Gasteiger partial charge in [0, 0.05) is 19.2 Å². The molecule has 1 saturated heterocycles. The summed E-state index contributed by atoms with van der Waals surface area (Å²) in [6, 6.07) is 12.4. The summed E-state index contributed by atoms with van der Waals surface area (Å²) >= 11 is 0. The number of nitro groups is 1. The Balaban J connectivity index is 1.88. The van der Waals surface area contributed by atoms with Gasteiger partial charge in [0.2, 0.25) is 15.8 Å². The first-order chi connectivity index (χ1) is 13.9. The molecule has 0 unspecified atom stereocenters. The number of sulfonamides is 1. The minimum absolute atomic E-state index is 0.0437. The number of hydrogen-bond acceptors (Lipinski definition) is 6. The Kier molecular flexibility index (Phi) is 6.46. The van der Waals surface area contributed by atoms with Crippen molar-refractivity contribution in [3.8, 4) is 17.6 Å². The monoisotopic (exact) mass is 415 g/mol. The Labute approximate surface area is 169 Å². The van der Waals surface area contributed by atoms with Crippen molar-refractivity contribution in [2.45, 2.75) is 37.0 Å². The van der Waals surface area contributed by atoms with Gasteiger partial charge in [-0.1, -0.05) is 25.0 Å². The average molecular weight is 415 g/mol. The maximum Gasteiger partial charge on any atom is 0.312 e. The van der Waals surface area contributed by atoms with Crippen molar-refractivity contribution >= 4 is 15.7 Å². The second-order valence-corrected chi connectivity index (χ2v) is 8.72. The molecule has 9 heteroatoms. The molecular weight excluding hydrogens is 394 g/mol. The number of benzene rings is 2. The Morgan fingerprint density at radius 3 is 2.31 bits per heavy atom. The summed E-state index contributed by atoms with van der Waals surface area (Å²) in [4.78, 5) is 10.8. The van der Waals surface area contributed by atoms with E-state index in [0.29, 0.717) is 18.8 Å². The fourth-order valence-corrected chi connectivity index (χ4v) is 4.75. The van der Waals surface area contributed by atoms with Crippen LogP contribution in [0.1, 0.15) is 31.2 Å². The number of rotatable bonds is 6. The zero-order chi connectivity index (χ0) is 20.9. The van der Waals surface area contributed by atoms with Crippen LogP contribution < -0.4 is 4.74 Å². The van der Waals surface area contributed by atoms with E-state index in [9.17, 15) is 18.5 Å². The maximum atomic E-state index is 12.9. The van der Waals surface area contributed by atoms with E-state index in [4.69, 9.17) is 10.00 Å². The van der Waals surface area contributed by atoms with Crippen LogP contribution in [0.3, 0.4) is 0 Å². The maximum absolute atomic E-state index is 12.9. The highest BCUT2D eigenvalue weighted by Gasteiger charge is 2.28. The smallest absolute Gasteiger partial charge is 0.312 e. The third kappa shape index (κ3) is 4.91. The molecule has 2 aromatic rings. The summed E-state index contributed by atoms with van der Waals surface area (Å²) in [5.74, 6) is 0.316. The SMILES string of the molecule is N#CCc1ccc(Oc2ccc(S(=O)(=O)N3CCCCCC3)cc2[N+](=O)[O-])cc1. The summed E-state index contributed by atoms with van der Waals surface area (Å²) in [5, 5.41) is 20.3. The third-order valence-corrected chi connectivity index (χ3v) is 6.66. The largest absolute Gasteiger partial charge is 0.450 e. The topological polar surface area (TPSA) is 114 Å². The van der Waals surface area contributed by atoms with Gasteiger partial charge in [-0.3, -0.25) is 10.1 Å². The molecule has 1 heterocycles. The van der Waals surface area contributed by atoms with Crippen molar-refractivity contribution < 1.29 is 18.1 Å². The molecule has 0 saturated carbocycles. The first-order valence-corrected chi connectivity index (χ1v) is 10.8. The van der Waals surface area contributed by atoms with Crippen molar-refractivity contribution in [1.29, 1.82) is 5.26 Å². The van der Waals surface area contributed by atoms with Gasteiger partial charge in [-0.05, 0) is 42.7 Å². The Hall–Kier alpha value is -2.96. The van der Waals surface area contributed by atoms with Crippen LogP contribution in [0.4, 0.5) is 5.69 Å². The zero-order valence-corrected chi connectivity index (χ0v) is 16.6. The van der Waals surface area contributed by atoms with Crippen molar-refractivity contribution in [3.05, 3.63) is 58.1 Å². The van der Waals surface area contributed by atoms with E-state index in [1.807, 2.05) is 6.07 Å². The third-order valence-electron chi connectivity index (χ3n) is 4.76. The molecule has 3 rings (SSSR count). The molecule has 0 aliphatic carbocycles. The van der Waals surface area contributed by atoms with Crippen LogP contribution >= 0.6 is 0 Å². The molecule has 1 aliphatic rings. The van der Waals surface area contributed by atoms with E-state index in [2.05, 4.69) is 0 Å². The molecule has 0 amide bonds. The lowest BCUT2D eigenvalue weighted by molar-refractivity contribution is -0.385. The molecular formula is C20H21N3O5S. The van der Waals surface area contributed by atoms with Crippen LogP contribution in [0.2, 0.25) is 0 Å². The molecule has 0 atom stereocenters. The van der Waals surface area contributed by atoms with Crippen molar-refractivity contribution in [2.75, 3.05) is 13.1 Å². The van der Waals surface area contributed by atoms with Crippen LogP contribution in [0, 0.1) is 21.4 Å². The molecule has 152 valence electrons. The summed E-state index contributed by atoms with van der Waals surface area (Å²) in [5.41, 5.74) is 0.384. The van der Waals surface area contributed by atoms with Gasteiger partial charge in [-0.25, -0.2) is 8.42 Å². The molecule has 29 heavy (non-hydrogen) atoms. The van der Waals surface area contributed by atoms with Gasteiger partial charge >= 0.3 is 5.69 Å². The van der Waals surface area contributed by atoms with Crippen LogP contribution in [-0.4, -0.2) is 30.7 Å². The molecule has 0 spiro atoms. The summed E-state index contributed by atoms with van der Waals surface area (Å²) in [7, 11) is -3.80. The number of nitro benzene ring substituents is 1. The fourth-order valence-electron chi connectivity index (χ4n) is 3.21. The first-order valence-electron chi connectivity index (χ1n) is 9.34. The van der Waals surface area contributed by atoms with Crippen molar-refractivity contribution in [3.63, 3.8) is 0 Å². The first kappa shape index (κ1) is 20.8. The average Bonchev–Trinajstić information content (AvgIpc) is 3.00. The number of hydrogen-bond donors (Lipinski definition) is 0.